The van der Waals surface area contributed by atoms with Gasteiger partial charge in [0.15, 0.2) is 0 Å². The molecule has 1 N–H and O–H groups in total. The molecule has 0 radical (unpaired) electrons. The second kappa shape index (κ2) is 8.92. The molecular formula is C16H35NO. The molecule has 0 aliphatic carbocycles. The van der Waals surface area contributed by atoms with Gasteiger partial charge in [-0.15, -0.1) is 0 Å². The Morgan fingerprint density at radius 2 is 1.67 bits per heavy atom. The third kappa shape index (κ3) is 6.19. The van der Waals surface area contributed by atoms with Gasteiger partial charge in [0.2, 0.25) is 0 Å². The van der Waals surface area contributed by atoms with Crippen LogP contribution in [0.5, 0.6) is 0 Å². The van der Waals surface area contributed by atoms with Gasteiger partial charge in [0.05, 0.1) is 6.10 Å². The van der Waals surface area contributed by atoms with Gasteiger partial charge >= 0.3 is 0 Å². The summed E-state index contributed by atoms with van der Waals surface area (Å²) in [6, 6.07) is 0.463. The summed E-state index contributed by atoms with van der Waals surface area (Å²) >= 11 is 0. The van der Waals surface area contributed by atoms with Crippen LogP contribution in [0.4, 0.5) is 0 Å². The molecule has 0 saturated carbocycles. The lowest BCUT2D eigenvalue weighted by atomic mass is 9.79. The third-order valence-corrected chi connectivity index (χ3v) is 3.51. The molecule has 2 nitrogen and oxygen atoms in total. The van der Waals surface area contributed by atoms with E-state index in [-0.39, 0.29) is 11.5 Å². The molecule has 0 aliphatic rings. The van der Waals surface area contributed by atoms with Crippen LogP contribution in [-0.2, 0) is 4.74 Å². The highest BCUT2D eigenvalue weighted by Crippen LogP contribution is 2.29. The minimum atomic E-state index is 0.184. The molecule has 2 heteroatoms. The van der Waals surface area contributed by atoms with Gasteiger partial charge in [-0.2, -0.15) is 0 Å². The second-order valence-electron chi connectivity index (χ2n) is 6.49. The highest BCUT2D eigenvalue weighted by Gasteiger charge is 2.35. The number of ether oxygens (including phenoxy) is 1. The molecule has 0 aromatic rings. The molecule has 110 valence electrons. The molecule has 0 heterocycles. The Morgan fingerprint density at radius 3 is 2.06 bits per heavy atom. The van der Waals surface area contributed by atoms with Crippen LogP contribution < -0.4 is 5.32 Å². The molecule has 0 rings (SSSR count). The van der Waals surface area contributed by atoms with Crippen molar-refractivity contribution < 1.29 is 4.74 Å². The van der Waals surface area contributed by atoms with Crippen LogP contribution in [0.25, 0.3) is 0 Å². The number of hydrogen-bond acceptors (Lipinski definition) is 2. The van der Waals surface area contributed by atoms with Gasteiger partial charge in [0.25, 0.3) is 0 Å². The highest BCUT2D eigenvalue weighted by atomic mass is 16.5. The molecule has 0 amide bonds. The Morgan fingerprint density at radius 1 is 1.06 bits per heavy atom. The average molecular weight is 257 g/mol. The normalized spacial score (nSPS) is 17.5. The van der Waals surface area contributed by atoms with Crippen molar-refractivity contribution in [2.75, 3.05) is 13.2 Å². The Balaban J connectivity index is 4.84. The molecule has 3 atom stereocenters. The van der Waals surface area contributed by atoms with Crippen molar-refractivity contribution in [2.24, 2.45) is 11.3 Å². The summed E-state index contributed by atoms with van der Waals surface area (Å²) in [4.78, 5) is 0. The van der Waals surface area contributed by atoms with Gasteiger partial charge in [0.1, 0.15) is 0 Å². The Kier molecular flexibility index (Phi) is 8.89. The molecule has 3 unspecified atom stereocenters. The molecular weight excluding hydrogens is 222 g/mol. The van der Waals surface area contributed by atoms with Crippen molar-refractivity contribution >= 4 is 0 Å². The first-order valence-corrected chi connectivity index (χ1v) is 7.73. The van der Waals surface area contributed by atoms with Crippen molar-refractivity contribution in [2.45, 2.75) is 79.9 Å². The first-order valence-electron chi connectivity index (χ1n) is 7.73. The Labute approximate surface area is 115 Å². The largest absolute Gasteiger partial charge is 0.376 e. The molecule has 0 aliphatic heterocycles. The summed E-state index contributed by atoms with van der Waals surface area (Å²) in [6.07, 6.45) is 3.98. The minimum absolute atomic E-state index is 0.184. The zero-order chi connectivity index (χ0) is 14.2. The lowest BCUT2D eigenvalue weighted by Crippen LogP contribution is -2.51. The third-order valence-electron chi connectivity index (χ3n) is 3.51. The quantitative estimate of drug-likeness (QED) is 0.667. The van der Waals surface area contributed by atoms with E-state index in [2.05, 4.69) is 53.8 Å². The van der Waals surface area contributed by atoms with Crippen LogP contribution in [-0.4, -0.2) is 25.3 Å². The lowest BCUT2D eigenvalue weighted by molar-refractivity contribution is -0.0480. The van der Waals surface area contributed by atoms with E-state index in [1.54, 1.807) is 0 Å². The van der Waals surface area contributed by atoms with Crippen LogP contribution in [0.2, 0.25) is 0 Å². The maximum absolute atomic E-state index is 6.07. The predicted molar refractivity (Wildman–Crippen MR) is 81.0 cm³/mol. The fourth-order valence-electron chi connectivity index (χ4n) is 2.62. The van der Waals surface area contributed by atoms with Crippen molar-refractivity contribution in [1.82, 2.24) is 5.32 Å². The maximum atomic E-state index is 6.07. The summed E-state index contributed by atoms with van der Waals surface area (Å²) in [5, 5.41) is 3.72. The summed E-state index contributed by atoms with van der Waals surface area (Å²) in [5.74, 6) is 0.664. The monoisotopic (exact) mass is 257 g/mol. The summed E-state index contributed by atoms with van der Waals surface area (Å²) in [5.41, 5.74) is 0.184. The van der Waals surface area contributed by atoms with Crippen molar-refractivity contribution in [3.8, 4) is 0 Å². The number of hydrogen-bond donors (Lipinski definition) is 1. The zero-order valence-electron chi connectivity index (χ0n) is 13.7. The standard InChI is InChI=1S/C16H35NO/c1-8-11-13(4)14(17-12-9-2)15(18-10-3)16(5,6)7/h13-15,17H,8-12H2,1-7H3. The highest BCUT2D eigenvalue weighted by molar-refractivity contribution is 4.89. The van der Waals surface area contributed by atoms with Gasteiger partial charge in [-0.1, -0.05) is 48.0 Å². The summed E-state index contributed by atoms with van der Waals surface area (Å²) in [7, 11) is 0. The van der Waals surface area contributed by atoms with Crippen LogP contribution in [0.3, 0.4) is 0 Å². The Hall–Kier alpha value is -0.0800. The van der Waals surface area contributed by atoms with Crippen LogP contribution in [0, 0.1) is 11.3 Å². The van der Waals surface area contributed by atoms with Crippen molar-refractivity contribution in [1.29, 1.82) is 0 Å². The first kappa shape index (κ1) is 17.9. The first-order chi connectivity index (χ1) is 8.38. The molecule has 0 aromatic carbocycles. The minimum Gasteiger partial charge on any atom is -0.376 e. The average Bonchev–Trinajstić information content (AvgIpc) is 2.27. The van der Waals surface area contributed by atoms with E-state index in [0.29, 0.717) is 12.0 Å². The summed E-state index contributed by atoms with van der Waals surface area (Å²) in [6.45, 7) is 17.7. The second-order valence-corrected chi connectivity index (χ2v) is 6.49. The van der Waals surface area contributed by atoms with E-state index in [1.807, 2.05) is 0 Å². The van der Waals surface area contributed by atoms with E-state index >= 15 is 0 Å². The smallest absolute Gasteiger partial charge is 0.0778 e. The SMILES string of the molecule is CCCNC(C(C)CCC)C(OCC)C(C)(C)C. The predicted octanol–water partition coefficient (Wildman–Crippen LogP) is 4.24. The van der Waals surface area contributed by atoms with Crippen LogP contribution >= 0.6 is 0 Å². The molecule has 0 saturated heterocycles. The zero-order valence-corrected chi connectivity index (χ0v) is 13.7. The van der Waals surface area contributed by atoms with Gasteiger partial charge in [-0.25, -0.2) is 0 Å². The molecule has 0 aromatic heterocycles. The Bertz CT molecular complexity index is 198. The molecule has 0 spiro atoms. The van der Waals surface area contributed by atoms with E-state index in [0.717, 1.165) is 13.2 Å². The van der Waals surface area contributed by atoms with Crippen LogP contribution in [0.15, 0.2) is 0 Å². The molecule has 0 fully saturated rings. The fourth-order valence-corrected chi connectivity index (χ4v) is 2.62. The maximum Gasteiger partial charge on any atom is 0.0778 e. The van der Waals surface area contributed by atoms with E-state index in [9.17, 15) is 0 Å². The van der Waals surface area contributed by atoms with Gasteiger partial charge in [-0.05, 0) is 37.6 Å². The van der Waals surface area contributed by atoms with E-state index in [1.165, 1.54) is 19.3 Å². The van der Waals surface area contributed by atoms with Crippen molar-refractivity contribution in [3.63, 3.8) is 0 Å². The molecule has 0 bridgehead atoms. The topological polar surface area (TPSA) is 21.3 Å². The molecule has 18 heavy (non-hydrogen) atoms. The van der Waals surface area contributed by atoms with Gasteiger partial charge in [0, 0.05) is 12.6 Å². The number of nitrogens with one attached hydrogen (secondary N) is 1. The lowest BCUT2D eigenvalue weighted by Gasteiger charge is -2.40. The van der Waals surface area contributed by atoms with E-state index < -0.39 is 0 Å². The van der Waals surface area contributed by atoms with Crippen molar-refractivity contribution in [3.05, 3.63) is 0 Å². The van der Waals surface area contributed by atoms with E-state index in [4.69, 9.17) is 4.74 Å². The summed E-state index contributed by atoms with van der Waals surface area (Å²) < 4.78 is 6.07. The van der Waals surface area contributed by atoms with Gasteiger partial charge < -0.3 is 10.1 Å². The van der Waals surface area contributed by atoms with Crippen LogP contribution in [0.1, 0.15) is 67.7 Å². The number of rotatable bonds is 9. The fraction of sp³-hybridized carbons (Fsp3) is 1.00. The van der Waals surface area contributed by atoms with Gasteiger partial charge in [-0.3, -0.25) is 0 Å².